The monoisotopic (exact) mass is 398 g/mol. The summed E-state index contributed by atoms with van der Waals surface area (Å²) in [5.41, 5.74) is 2.20. The molecule has 0 aliphatic heterocycles. The molecular weight excluding hydrogens is 382 g/mol. The van der Waals surface area contributed by atoms with E-state index < -0.39 is 11.8 Å². The zero-order valence-electron chi connectivity index (χ0n) is 14.8. The fourth-order valence-corrected chi connectivity index (χ4v) is 3.88. The van der Waals surface area contributed by atoms with Crippen LogP contribution in [0.1, 0.15) is 13.5 Å². The lowest BCUT2D eigenvalue weighted by Crippen LogP contribution is -2.23. The molecule has 5 nitrogen and oxygen atoms in total. The minimum absolute atomic E-state index is 0.110. The number of imidazole rings is 1. The molecule has 0 aliphatic rings. The fraction of sp³-hybridized carbons (Fsp3) is 0.150. The summed E-state index contributed by atoms with van der Waals surface area (Å²) in [5.74, 6) is -0.297. The van der Waals surface area contributed by atoms with E-state index in [1.165, 1.54) is 0 Å². The largest absolute Gasteiger partial charge is 0.324 e. The number of nitrogens with zero attached hydrogens (tertiary/aromatic N) is 3. The molecule has 4 aromatic rings. The fourth-order valence-electron chi connectivity index (χ4n) is 2.95. The molecule has 0 saturated heterocycles. The zero-order valence-corrected chi connectivity index (χ0v) is 15.7. The highest BCUT2D eigenvalue weighted by Gasteiger charge is 2.23. The third-order valence-corrected chi connectivity index (χ3v) is 5.38. The number of anilines is 1. The topological polar surface area (TPSA) is 59.8 Å². The third-order valence-electron chi connectivity index (χ3n) is 4.31. The standard InChI is InChI=1S/C20H16F2N4OS/c1-12(18(27)24-15-9-4-8-14-13(15)6-5-11-23-14)28-20-25-16-7-2-3-10-17(16)26(20)19(21)22/h2-12,19H,1H3,(H,24,27). The molecule has 8 heteroatoms. The number of hydrogen-bond donors (Lipinski definition) is 1. The summed E-state index contributed by atoms with van der Waals surface area (Å²) in [5, 5.41) is 3.16. The maximum atomic E-state index is 13.6. The van der Waals surface area contributed by atoms with Gasteiger partial charge in [0.1, 0.15) is 0 Å². The number of amides is 1. The molecule has 28 heavy (non-hydrogen) atoms. The van der Waals surface area contributed by atoms with Crippen molar-refractivity contribution < 1.29 is 13.6 Å². The lowest BCUT2D eigenvalue weighted by molar-refractivity contribution is -0.115. The summed E-state index contributed by atoms with van der Waals surface area (Å²) in [6.07, 6.45) is 1.68. The lowest BCUT2D eigenvalue weighted by atomic mass is 10.2. The van der Waals surface area contributed by atoms with E-state index in [9.17, 15) is 13.6 Å². The number of thioether (sulfide) groups is 1. The number of hydrogen-bond acceptors (Lipinski definition) is 4. The van der Waals surface area contributed by atoms with Gasteiger partial charge < -0.3 is 5.32 Å². The number of carbonyl (C=O) groups is 1. The molecular formula is C20H16F2N4OS. The molecule has 2 aromatic heterocycles. The molecule has 1 amide bonds. The summed E-state index contributed by atoms with van der Waals surface area (Å²) in [6, 6.07) is 15.8. The van der Waals surface area contributed by atoms with E-state index in [1.54, 1.807) is 55.6 Å². The molecule has 2 heterocycles. The van der Waals surface area contributed by atoms with Crippen LogP contribution >= 0.6 is 11.8 Å². The molecule has 0 saturated carbocycles. The highest BCUT2D eigenvalue weighted by atomic mass is 32.2. The van der Waals surface area contributed by atoms with Gasteiger partial charge in [0.05, 0.1) is 27.5 Å². The summed E-state index contributed by atoms with van der Waals surface area (Å²) >= 11 is 1.00. The Balaban J connectivity index is 1.58. The maximum Gasteiger partial charge on any atom is 0.321 e. The Kier molecular flexibility index (Phi) is 4.95. The second-order valence-corrected chi connectivity index (χ2v) is 7.46. The molecule has 1 atom stereocenters. The summed E-state index contributed by atoms with van der Waals surface area (Å²) in [7, 11) is 0. The van der Waals surface area contributed by atoms with Crippen LogP contribution in [-0.2, 0) is 4.79 Å². The van der Waals surface area contributed by atoms with E-state index >= 15 is 0 Å². The minimum atomic E-state index is -2.74. The van der Waals surface area contributed by atoms with Crippen LogP contribution in [0.2, 0.25) is 0 Å². The van der Waals surface area contributed by atoms with Crippen LogP contribution in [0.25, 0.3) is 21.9 Å². The van der Waals surface area contributed by atoms with Crippen LogP contribution in [0.5, 0.6) is 0 Å². The Morgan fingerprint density at radius 1 is 1.07 bits per heavy atom. The van der Waals surface area contributed by atoms with E-state index in [0.717, 1.165) is 27.2 Å². The maximum absolute atomic E-state index is 13.6. The highest BCUT2D eigenvalue weighted by molar-refractivity contribution is 8.00. The summed E-state index contributed by atoms with van der Waals surface area (Å²) < 4.78 is 28.0. The van der Waals surface area contributed by atoms with Gasteiger partial charge in [-0.15, -0.1) is 0 Å². The molecule has 1 N–H and O–H groups in total. The molecule has 0 fully saturated rings. The number of alkyl halides is 2. The summed E-state index contributed by atoms with van der Waals surface area (Å²) in [4.78, 5) is 21.2. The van der Waals surface area contributed by atoms with Crippen LogP contribution in [0.4, 0.5) is 14.5 Å². The first-order valence-corrected chi connectivity index (χ1v) is 9.49. The van der Waals surface area contributed by atoms with Crippen molar-refractivity contribution >= 4 is 45.3 Å². The van der Waals surface area contributed by atoms with Gasteiger partial charge in [0.2, 0.25) is 5.91 Å². The molecule has 142 valence electrons. The SMILES string of the molecule is CC(Sc1nc2ccccc2n1C(F)F)C(=O)Nc1cccc2ncccc12. The van der Waals surface area contributed by atoms with Crippen LogP contribution in [0, 0.1) is 0 Å². The van der Waals surface area contributed by atoms with Crippen molar-refractivity contribution in [1.29, 1.82) is 0 Å². The number of halogens is 2. The van der Waals surface area contributed by atoms with Gasteiger partial charge in [-0.25, -0.2) is 4.98 Å². The van der Waals surface area contributed by atoms with Crippen molar-refractivity contribution in [2.75, 3.05) is 5.32 Å². The van der Waals surface area contributed by atoms with Crippen LogP contribution < -0.4 is 5.32 Å². The number of benzene rings is 2. The number of nitrogens with one attached hydrogen (secondary N) is 1. The van der Waals surface area contributed by atoms with Gasteiger partial charge in [-0.1, -0.05) is 30.0 Å². The van der Waals surface area contributed by atoms with Crippen LogP contribution in [0.15, 0.2) is 66.0 Å². The Labute approximate surface area is 163 Å². The zero-order chi connectivity index (χ0) is 19.7. The molecule has 0 aliphatic carbocycles. The average molecular weight is 398 g/mol. The molecule has 0 bridgehead atoms. The molecule has 0 spiro atoms. The van der Waals surface area contributed by atoms with Gasteiger partial charge in [0.15, 0.2) is 5.16 Å². The second-order valence-electron chi connectivity index (χ2n) is 6.16. The predicted molar refractivity (Wildman–Crippen MR) is 107 cm³/mol. The molecule has 1 unspecified atom stereocenters. The Hall–Kier alpha value is -3.00. The second kappa shape index (κ2) is 7.55. The van der Waals surface area contributed by atoms with Gasteiger partial charge in [0.25, 0.3) is 0 Å². The van der Waals surface area contributed by atoms with Crippen molar-refractivity contribution in [2.24, 2.45) is 0 Å². The summed E-state index contributed by atoms with van der Waals surface area (Å²) in [6.45, 7) is -1.08. The van der Waals surface area contributed by atoms with E-state index in [1.807, 2.05) is 12.1 Å². The lowest BCUT2D eigenvalue weighted by Gasteiger charge is -2.14. The number of para-hydroxylation sites is 2. The average Bonchev–Trinajstić information content (AvgIpc) is 3.06. The van der Waals surface area contributed by atoms with Crippen LogP contribution in [0.3, 0.4) is 0 Å². The molecule has 0 radical (unpaired) electrons. The van der Waals surface area contributed by atoms with E-state index in [4.69, 9.17) is 0 Å². The highest BCUT2D eigenvalue weighted by Crippen LogP contribution is 2.32. The van der Waals surface area contributed by atoms with E-state index in [-0.39, 0.29) is 11.1 Å². The van der Waals surface area contributed by atoms with Crippen LogP contribution in [-0.4, -0.2) is 25.7 Å². The number of aromatic nitrogens is 3. The molecule has 2 aromatic carbocycles. The number of carbonyl (C=O) groups excluding carboxylic acids is 1. The Morgan fingerprint density at radius 3 is 2.68 bits per heavy atom. The van der Waals surface area contributed by atoms with Crippen molar-refractivity contribution in [2.45, 2.75) is 23.9 Å². The first-order chi connectivity index (χ1) is 13.5. The Bertz CT molecular complexity index is 1160. The van der Waals surface area contributed by atoms with E-state index in [0.29, 0.717) is 16.7 Å². The van der Waals surface area contributed by atoms with Gasteiger partial charge in [-0.05, 0) is 43.3 Å². The predicted octanol–water partition coefficient (Wildman–Crippen LogP) is 5.10. The van der Waals surface area contributed by atoms with Crippen molar-refractivity contribution in [1.82, 2.24) is 14.5 Å². The van der Waals surface area contributed by atoms with Gasteiger partial charge in [0, 0.05) is 11.6 Å². The van der Waals surface area contributed by atoms with Crippen molar-refractivity contribution in [3.63, 3.8) is 0 Å². The first kappa shape index (κ1) is 18.4. The van der Waals surface area contributed by atoms with Gasteiger partial charge in [-0.2, -0.15) is 8.78 Å². The van der Waals surface area contributed by atoms with E-state index in [2.05, 4.69) is 15.3 Å². The van der Waals surface area contributed by atoms with Crippen molar-refractivity contribution in [3.8, 4) is 0 Å². The number of pyridine rings is 1. The van der Waals surface area contributed by atoms with Gasteiger partial charge in [-0.3, -0.25) is 14.3 Å². The third kappa shape index (κ3) is 3.43. The number of fused-ring (bicyclic) bond motifs is 2. The van der Waals surface area contributed by atoms with Crippen molar-refractivity contribution in [3.05, 3.63) is 60.8 Å². The smallest absolute Gasteiger partial charge is 0.321 e. The molecule has 4 rings (SSSR count). The first-order valence-electron chi connectivity index (χ1n) is 8.61. The quantitative estimate of drug-likeness (QED) is 0.475. The minimum Gasteiger partial charge on any atom is -0.324 e. The van der Waals surface area contributed by atoms with Gasteiger partial charge >= 0.3 is 6.55 Å². The Morgan fingerprint density at radius 2 is 1.86 bits per heavy atom. The normalized spacial score (nSPS) is 12.6. The number of rotatable bonds is 5.